The zero-order chi connectivity index (χ0) is 14.5. The first-order chi connectivity index (χ1) is 9.58. The Morgan fingerprint density at radius 1 is 1.45 bits per heavy atom. The van der Waals surface area contributed by atoms with E-state index in [1.807, 2.05) is 38.1 Å². The van der Waals surface area contributed by atoms with Gasteiger partial charge in [-0.1, -0.05) is 23.9 Å². The second-order valence-electron chi connectivity index (χ2n) is 4.32. The molecule has 106 valence electrons. The fourth-order valence-corrected chi connectivity index (χ4v) is 2.81. The average molecular weight is 403 g/mol. The number of hydrogen-bond donors (Lipinski definition) is 1. The van der Waals surface area contributed by atoms with E-state index in [2.05, 4.69) is 43.4 Å². The molecular weight excluding hydrogens is 389 g/mol. The van der Waals surface area contributed by atoms with Crippen molar-refractivity contribution in [3.63, 3.8) is 0 Å². The number of para-hydroxylation sites is 1. The number of nitrogens with zero attached hydrogens (tertiary/aromatic N) is 4. The van der Waals surface area contributed by atoms with E-state index in [0.29, 0.717) is 5.16 Å². The summed E-state index contributed by atoms with van der Waals surface area (Å²) in [5.74, 6) is 0.204. The zero-order valence-corrected chi connectivity index (χ0v) is 14.1. The van der Waals surface area contributed by atoms with Crippen LogP contribution in [-0.2, 0) is 4.79 Å². The maximum absolute atomic E-state index is 11.9. The molecule has 2 aromatic rings. The van der Waals surface area contributed by atoms with Gasteiger partial charge in [0.25, 0.3) is 0 Å². The summed E-state index contributed by atoms with van der Waals surface area (Å²) in [5, 5.41) is 15.0. The van der Waals surface area contributed by atoms with E-state index in [9.17, 15) is 4.79 Å². The number of tetrazole rings is 1. The highest BCUT2D eigenvalue weighted by molar-refractivity contribution is 14.1. The molecule has 0 spiro atoms. The van der Waals surface area contributed by atoms with Gasteiger partial charge in [-0.2, -0.15) is 0 Å². The average Bonchev–Trinajstić information content (AvgIpc) is 2.88. The smallest absolute Gasteiger partial charge is 0.234 e. The van der Waals surface area contributed by atoms with Crippen LogP contribution in [0, 0.1) is 3.57 Å². The predicted octanol–water partition coefficient (Wildman–Crippen LogP) is 2.59. The highest BCUT2D eigenvalue weighted by Gasteiger charge is 2.12. The minimum absolute atomic E-state index is 0.0718. The molecule has 0 aliphatic carbocycles. The van der Waals surface area contributed by atoms with E-state index < -0.39 is 0 Å². The number of hydrogen-bond acceptors (Lipinski definition) is 5. The first-order valence-corrected chi connectivity index (χ1v) is 8.09. The number of aromatic nitrogens is 4. The minimum atomic E-state index is -0.0718. The van der Waals surface area contributed by atoms with Gasteiger partial charge in [0, 0.05) is 3.57 Å². The van der Waals surface area contributed by atoms with Crippen molar-refractivity contribution in [2.45, 2.75) is 25.0 Å². The van der Waals surface area contributed by atoms with E-state index in [0.717, 1.165) is 9.26 Å². The van der Waals surface area contributed by atoms with Crippen LogP contribution < -0.4 is 5.32 Å². The maximum atomic E-state index is 11.9. The van der Waals surface area contributed by atoms with Crippen LogP contribution in [0.5, 0.6) is 0 Å². The van der Waals surface area contributed by atoms with Crippen LogP contribution >= 0.6 is 34.4 Å². The van der Waals surface area contributed by atoms with E-state index in [1.165, 1.54) is 11.8 Å². The van der Waals surface area contributed by atoms with Gasteiger partial charge in [0.15, 0.2) is 0 Å². The SMILES string of the molecule is CC(C)n1nnnc1SCC(=O)Nc1ccccc1I. The molecule has 0 aliphatic heterocycles. The normalized spacial score (nSPS) is 10.8. The second kappa shape index (κ2) is 7.02. The largest absolute Gasteiger partial charge is 0.324 e. The monoisotopic (exact) mass is 403 g/mol. The van der Waals surface area contributed by atoms with Gasteiger partial charge in [0.2, 0.25) is 11.1 Å². The summed E-state index contributed by atoms with van der Waals surface area (Å²) in [7, 11) is 0. The third-order valence-electron chi connectivity index (χ3n) is 2.43. The molecule has 0 saturated carbocycles. The third-order valence-corrected chi connectivity index (χ3v) is 4.31. The van der Waals surface area contributed by atoms with Crippen LogP contribution in [0.4, 0.5) is 5.69 Å². The molecule has 20 heavy (non-hydrogen) atoms. The Kier molecular flexibility index (Phi) is 5.35. The molecule has 1 aromatic carbocycles. The molecular formula is C12H14IN5OS. The summed E-state index contributed by atoms with van der Waals surface area (Å²) in [6, 6.07) is 7.82. The van der Waals surface area contributed by atoms with Crippen LogP contribution in [0.3, 0.4) is 0 Å². The summed E-state index contributed by atoms with van der Waals surface area (Å²) < 4.78 is 2.71. The van der Waals surface area contributed by atoms with Crippen LogP contribution in [0.15, 0.2) is 29.4 Å². The lowest BCUT2D eigenvalue weighted by Crippen LogP contribution is -2.15. The Bertz CT molecular complexity index is 601. The van der Waals surface area contributed by atoms with Gasteiger partial charge in [-0.15, -0.1) is 5.10 Å². The van der Waals surface area contributed by atoms with Crippen LogP contribution in [-0.4, -0.2) is 31.9 Å². The van der Waals surface area contributed by atoms with E-state index in [-0.39, 0.29) is 17.7 Å². The van der Waals surface area contributed by atoms with Gasteiger partial charge in [-0.3, -0.25) is 4.79 Å². The Balaban J connectivity index is 1.93. The molecule has 8 heteroatoms. The zero-order valence-electron chi connectivity index (χ0n) is 11.1. The summed E-state index contributed by atoms with van der Waals surface area (Å²) in [5.41, 5.74) is 0.821. The number of carbonyl (C=O) groups excluding carboxylic acids is 1. The molecule has 1 amide bonds. The highest BCUT2D eigenvalue weighted by Crippen LogP contribution is 2.20. The van der Waals surface area contributed by atoms with Crippen molar-refractivity contribution in [2.75, 3.05) is 11.1 Å². The Morgan fingerprint density at radius 2 is 2.20 bits per heavy atom. The van der Waals surface area contributed by atoms with Crippen molar-refractivity contribution in [3.8, 4) is 0 Å². The molecule has 0 unspecified atom stereocenters. The molecule has 0 bridgehead atoms. The van der Waals surface area contributed by atoms with Gasteiger partial charge < -0.3 is 5.32 Å². The molecule has 0 fully saturated rings. The van der Waals surface area contributed by atoms with Crippen molar-refractivity contribution in [2.24, 2.45) is 0 Å². The molecule has 0 aliphatic rings. The van der Waals surface area contributed by atoms with Gasteiger partial charge in [-0.05, 0) is 59.0 Å². The van der Waals surface area contributed by atoms with Gasteiger partial charge >= 0.3 is 0 Å². The van der Waals surface area contributed by atoms with Gasteiger partial charge in [-0.25, -0.2) is 4.68 Å². The molecule has 0 saturated heterocycles. The van der Waals surface area contributed by atoms with E-state index >= 15 is 0 Å². The van der Waals surface area contributed by atoms with Crippen molar-refractivity contribution < 1.29 is 4.79 Å². The van der Waals surface area contributed by atoms with Crippen molar-refractivity contribution in [1.29, 1.82) is 0 Å². The highest BCUT2D eigenvalue weighted by atomic mass is 127. The Hall–Kier alpha value is -1.16. The number of nitrogens with one attached hydrogen (secondary N) is 1. The number of amides is 1. The van der Waals surface area contributed by atoms with Gasteiger partial charge in [0.05, 0.1) is 17.5 Å². The molecule has 1 heterocycles. The summed E-state index contributed by atoms with van der Waals surface area (Å²) in [4.78, 5) is 11.9. The summed E-state index contributed by atoms with van der Waals surface area (Å²) >= 11 is 3.52. The quantitative estimate of drug-likeness (QED) is 0.614. The topological polar surface area (TPSA) is 72.7 Å². The first kappa shape index (κ1) is 15.2. The lowest BCUT2D eigenvalue weighted by molar-refractivity contribution is -0.113. The number of carbonyl (C=O) groups is 1. The third kappa shape index (κ3) is 3.92. The molecule has 2 rings (SSSR count). The number of rotatable bonds is 5. The molecule has 1 N–H and O–H groups in total. The summed E-state index contributed by atoms with van der Waals surface area (Å²) in [6.07, 6.45) is 0. The van der Waals surface area contributed by atoms with Crippen molar-refractivity contribution >= 4 is 45.9 Å². The fraction of sp³-hybridized carbons (Fsp3) is 0.333. The fourth-order valence-electron chi connectivity index (χ4n) is 1.48. The first-order valence-electron chi connectivity index (χ1n) is 6.03. The number of thioether (sulfide) groups is 1. The van der Waals surface area contributed by atoms with Gasteiger partial charge in [0.1, 0.15) is 0 Å². The second-order valence-corrected chi connectivity index (χ2v) is 6.42. The summed E-state index contributed by atoms with van der Waals surface area (Å²) in [6.45, 7) is 3.99. The van der Waals surface area contributed by atoms with Crippen molar-refractivity contribution in [3.05, 3.63) is 27.8 Å². The number of halogens is 1. The lowest BCUT2D eigenvalue weighted by Gasteiger charge is -2.08. The molecule has 0 atom stereocenters. The number of benzene rings is 1. The van der Waals surface area contributed by atoms with Crippen LogP contribution in [0.2, 0.25) is 0 Å². The molecule has 6 nitrogen and oxygen atoms in total. The van der Waals surface area contributed by atoms with E-state index in [4.69, 9.17) is 0 Å². The van der Waals surface area contributed by atoms with E-state index in [1.54, 1.807) is 4.68 Å². The lowest BCUT2D eigenvalue weighted by atomic mass is 10.3. The predicted molar refractivity (Wildman–Crippen MR) is 86.7 cm³/mol. The molecule has 0 radical (unpaired) electrons. The van der Waals surface area contributed by atoms with Crippen molar-refractivity contribution in [1.82, 2.24) is 20.2 Å². The Labute approximate surface area is 134 Å². The Morgan fingerprint density at radius 3 is 2.90 bits per heavy atom. The van der Waals surface area contributed by atoms with Crippen LogP contribution in [0.1, 0.15) is 19.9 Å². The minimum Gasteiger partial charge on any atom is -0.324 e. The maximum Gasteiger partial charge on any atom is 0.234 e. The standard InChI is InChI=1S/C12H14IN5OS/c1-8(2)18-12(15-16-17-18)20-7-11(19)14-10-6-4-3-5-9(10)13/h3-6,8H,7H2,1-2H3,(H,14,19). The van der Waals surface area contributed by atoms with Crippen LogP contribution in [0.25, 0.3) is 0 Å². The number of anilines is 1. The molecule has 1 aromatic heterocycles.